The van der Waals surface area contributed by atoms with Crippen molar-refractivity contribution in [2.45, 2.75) is 42.6 Å². The lowest BCUT2D eigenvalue weighted by Gasteiger charge is -2.34. The van der Waals surface area contributed by atoms with Gasteiger partial charge in [0.1, 0.15) is 18.3 Å². The maximum Gasteiger partial charge on any atom is 0.326 e. The van der Waals surface area contributed by atoms with E-state index in [-0.39, 0.29) is 28.3 Å². The lowest BCUT2D eigenvalue weighted by atomic mass is 10.1. The van der Waals surface area contributed by atoms with Crippen LogP contribution < -0.4 is 16.9 Å². The third-order valence-electron chi connectivity index (χ3n) is 6.75. The van der Waals surface area contributed by atoms with Crippen molar-refractivity contribution in [3.05, 3.63) is 33.4 Å². The number of nitrogens with zero attached hydrogens (tertiary/aromatic N) is 7. The minimum atomic E-state index is -4.52. The zero-order chi connectivity index (χ0) is 30.0. The van der Waals surface area contributed by atoms with Gasteiger partial charge in [-0.3, -0.25) is 23.7 Å². The van der Waals surface area contributed by atoms with Crippen molar-refractivity contribution >= 4 is 46.8 Å². The van der Waals surface area contributed by atoms with Crippen LogP contribution in [0, 0.1) is 0 Å². The zero-order valence-corrected chi connectivity index (χ0v) is 22.6. The van der Waals surface area contributed by atoms with E-state index < -0.39 is 80.3 Å². The molecule has 6 heterocycles. The zero-order valence-electron chi connectivity index (χ0n) is 20.9. The quantitative estimate of drug-likeness (QED) is 0.109. The number of nitrogen functional groups attached to an aromatic ring is 1. The summed E-state index contributed by atoms with van der Waals surface area (Å²) < 4.78 is 54.5. The van der Waals surface area contributed by atoms with Crippen molar-refractivity contribution in [1.82, 2.24) is 44.5 Å². The Morgan fingerprint density at radius 3 is 2.76 bits per heavy atom. The summed E-state index contributed by atoms with van der Waals surface area (Å²) in [6.45, 7) is -6.70. The summed E-state index contributed by atoms with van der Waals surface area (Å²) in [6, 6.07) is 0. The monoisotopic (exact) mass is 634 g/mol. The molecule has 23 heteroatoms. The third kappa shape index (κ3) is 4.60. The fourth-order valence-corrected chi connectivity index (χ4v) is 6.33. The molecule has 0 bridgehead atoms. The van der Waals surface area contributed by atoms with E-state index in [0.29, 0.717) is 0 Å². The van der Waals surface area contributed by atoms with E-state index in [9.17, 15) is 24.7 Å². The Bertz CT molecular complexity index is 1820. The number of aliphatic hydroxyl groups is 2. The molecule has 1 unspecified atom stereocenters. The number of imidazole rings is 1. The van der Waals surface area contributed by atoms with Gasteiger partial charge in [0, 0.05) is 0 Å². The molecule has 8 atom stereocenters. The number of aromatic amines is 2. The average Bonchev–Trinajstić information content (AvgIpc) is 3.70. The van der Waals surface area contributed by atoms with Crippen LogP contribution in [0.4, 0.5) is 14.7 Å². The molecule has 0 saturated carbocycles. The minimum Gasteiger partial charge on any atom is -0.394 e. The van der Waals surface area contributed by atoms with Crippen LogP contribution in [0.3, 0.4) is 0 Å². The van der Waals surface area contributed by atoms with Gasteiger partial charge in [-0.2, -0.15) is 9.67 Å². The fourth-order valence-electron chi connectivity index (χ4n) is 4.73. The van der Waals surface area contributed by atoms with E-state index in [0.717, 1.165) is 21.9 Å². The summed E-state index contributed by atoms with van der Waals surface area (Å²) in [4.78, 5) is 51.5. The molecule has 2 fully saturated rings. The van der Waals surface area contributed by atoms with Crippen LogP contribution in [0.25, 0.3) is 22.3 Å². The van der Waals surface area contributed by atoms with E-state index in [1.165, 1.54) is 0 Å². The van der Waals surface area contributed by atoms with Crippen LogP contribution in [0.1, 0.15) is 6.23 Å². The Hall–Kier alpha value is -3.34. The minimum absolute atomic E-state index is 0.119. The number of hydrogen-bond acceptors (Lipinski definition) is 15. The van der Waals surface area contributed by atoms with Gasteiger partial charge in [0.15, 0.2) is 40.9 Å². The van der Waals surface area contributed by atoms with Crippen LogP contribution in [0.2, 0.25) is 0 Å². The Morgan fingerprint density at radius 1 is 1.24 bits per heavy atom. The summed E-state index contributed by atoms with van der Waals surface area (Å²) in [5, 5.41) is 27.4. The lowest BCUT2D eigenvalue weighted by molar-refractivity contribution is -0.0789. The van der Waals surface area contributed by atoms with Crippen LogP contribution in [0.5, 0.6) is 0 Å². The second kappa shape index (κ2) is 10.4. The molecule has 42 heavy (non-hydrogen) atoms. The maximum atomic E-state index is 15.8. The van der Waals surface area contributed by atoms with Gasteiger partial charge in [-0.15, -0.1) is 5.10 Å². The first-order chi connectivity index (χ1) is 20.0. The van der Waals surface area contributed by atoms with Gasteiger partial charge in [-0.1, -0.05) is 5.21 Å². The SMILES string of the molecule is Nc1nc2c(ncn2[C@]2(OP(O)(=S)OC[C@H]3O[C@@H](n4nnc5c(=O)[nH]cnc54)[C@@H](F)[C@@H]3O)CO[C@H](CO)[C@H]2F)c(=O)[nH]1. The number of rotatable bonds is 8. The van der Waals surface area contributed by atoms with Gasteiger partial charge in [0.05, 0.1) is 32.5 Å². The fraction of sp³-hybridized carbons (Fsp3) is 0.526. The highest BCUT2D eigenvalue weighted by Crippen LogP contribution is 2.54. The predicted molar refractivity (Wildman–Crippen MR) is 137 cm³/mol. The Kier molecular flexibility index (Phi) is 7.14. The van der Waals surface area contributed by atoms with E-state index in [1.807, 2.05) is 0 Å². The summed E-state index contributed by atoms with van der Waals surface area (Å²) in [5.74, 6) is -0.334. The largest absolute Gasteiger partial charge is 0.394 e. The van der Waals surface area contributed by atoms with Crippen molar-refractivity contribution in [3.63, 3.8) is 0 Å². The van der Waals surface area contributed by atoms with Gasteiger partial charge < -0.3 is 39.8 Å². The molecule has 4 aromatic heterocycles. The molecular formula is C19H21F2N10O9PS. The number of nitrogens with two attached hydrogens (primary N) is 1. The second-order valence-electron chi connectivity index (χ2n) is 9.31. The highest BCUT2D eigenvalue weighted by atomic mass is 32.5. The molecule has 0 radical (unpaired) electrons. The molecular weight excluding hydrogens is 613 g/mol. The molecule has 6 rings (SSSR count). The number of aliphatic hydroxyl groups excluding tert-OH is 2. The molecule has 0 spiro atoms. The number of nitrogens with one attached hydrogen (secondary N) is 2. The van der Waals surface area contributed by atoms with Crippen molar-refractivity contribution in [2.24, 2.45) is 0 Å². The highest BCUT2D eigenvalue weighted by molar-refractivity contribution is 8.07. The van der Waals surface area contributed by atoms with Crippen LogP contribution >= 0.6 is 6.72 Å². The van der Waals surface area contributed by atoms with Crippen molar-refractivity contribution < 1.29 is 42.4 Å². The topological polar surface area (TPSA) is 264 Å². The molecule has 19 nitrogen and oxygen atoms in total. The van der Waals surface area contributed by atoms with Gasteiger partial charge in [-0.25, -0.2) is 18.7 Å². The number of H-pyrrole nitrogens is 2. The number of fused-ring (bicyclic) bond motifs is 2. The summed E-state index contributed by atoms with van der Waals surface area (Å²) in [7, 11) is 0. The molecule has 4 aromatic rings. The van der Waals surface area contributed by atoms with Crippen molar-refractivity contribution in [2.75, 3.05) is 25.6 Å². The Labute approximate surface area is 235 Å². The number of anilines is 1. The van der Waals surface area contributed by atoms with Gasteiger partial charge >= 0.3 is 6.72 Å². The molecule has 2 saturated heterocycles. The first kappa shape index (κ1) is 28.8. The van der Waals surface area contributed by atoms with E-state index in [1.54, 1.807) is 0 Å². The number of alkyl halides is 2. The average molecular weight is 634 g/mol. The molecule has 2 aliphatic rings. The second-order valence-corrected chi connectivity index (χ2v) is 12.1. The smallest absolute Gasteiger partial charge is 0.326 e. The maximum absolute atomic E-state index is 15.8. The van der Waals surface area contributed by atoms with Gasteiger partial charge in [0.2, 0.25) is 11.7 Å². The Balaban J connectivity index is 1.25. The molecule has 226 valence electrons. The molecule has 0 aromatic carbocycles. The van der Waals surface area contributed by atoms with Crippen LogP contribution in [0.15, 0.2) is 22.2 Å². The van der Waals surface area contributed by atoms with E-state index in [2.05, 4.69) is 35.2 Å². The summed E-state index contributed by atoms with van der Waals surface area (Å²) in [5.41, 5.74) is 1.09. The number of ether oxygens (including phenoxy) is 2. The molecule has 2 aliphatic heterocycles. The third-order valence-corrected chi connectivity index (χ3v) is 8.31. The first-order valence-corrected chi connectivity index (χ1v) is 14.6. The summed E-state index contributed by atoms with van der Waals surface area (Å²) >= 11 is 5.10. The van der Waals surface area contributed by atoms with E-state index >= 15 is 8.78 Å². The van der Waals surface area contributed by atoms with Crippen LogP contribution in [-0.4, -0.2) is 110 Å². The molecule has 7 N–H and O–H groups in total. The predicted octanol–water partition coefficient (Wildman–Crippen LogP) is -2.54. The standard InChI is InChI=1S/C19H21F2N10O9PS/c20-8-11(33)7(39-17(8)31-13-10(28-29-31)15(34)24-4-23-13)2-38-41(36,42)40-19(3-37-6(1-32)12(19)21)30-5-25-9-14(30)26-18(22)27-16(9)35/h4-8,11-12,17,32-33H,1-3H2,(H,36,42)(H,23,24,34)(H3,22,26,27,35)/t6-,7-,8+,11-,12-,17-,19+,41?/m1/s1. The lowest BCUT2D eigenvalue weighted by Crippen LogP contribution is -2.46. The van der Waals surface area contributed by atoms with Crippen molar-refractivity contribution in [1.29, 1.82) is 0 Å². The highest BCUT2D eigenvalue weighted by Gasteiger charge is 2.57. The molecule has 0 aliphatic carbocycles. The number of aromatic nitrogens is 9. The number of halogens is 2. The molecule has 0 amide bonds. The summed E-state index contributed by atoms with van der Waals surface area (Å²) in [6.07, 6.45) is -8.60. The van der Waals surface area contributed by atoms with Crippen LogP contribution in [-0.2, 0) is 36.1 Å². The Morgan fingerprint density at radius 2 is 2.02 bits per heavy atom. The van der Waals surface area contributed by atoms with E-state index in [4.69, 9.17) is 36.1 Å². The van der Waals surface area contributed by atoms with Crippen molar-refractivity contribution in [3.8, 4) is 0 Å². The van der Waals surface area contributed by atoms with Gasteiger partial charge in [0.25, 0.3) is 11.1 Å². The first-order valence-electron chi connectivity index (χ1n) is 12.0. The normalized spacial score (nSPS) is 31.3. The van der Waals surface area contributed by atoms with Gasteiger partial charge in [-0.05, 0) is 11.8 Å². The number of hydrogen-bond donors (Lipinski definition) is 6.